The largest absolute Gasteiger partial charge is 0.475 e. The lowest BCUT2D eigenvalue weighted by molar-refractivity contribution is 0.0660. The molecule has 9 heavy (non-hydrogen) atoms. The van der Waals surface area contributed by atoms with Gasteiger partial charge in [-0.2, -0.15) is 0 Å². The van der Waals surface area contributed by atoms with Crippen LogP contribution in [0.3, 0.4) is 0 Å². The fraction of sp³-hybridized carbons (Fsp3) is 0. The molecule has 0 atom stereocenters. The van der Waals surface area contributed by atoms with Gasteiger partial charge in [0.25, 0.3) is 3.90 Å². The Labute approximate surface area is 64.0 Å². The molecule has 5 heteroatoms. The number of hydrogen-bond acceptors (Lipinski definition) is 3. The SMILES string of the molecule is O=C(O)c1cnc(I)o1. The van der Waals surface area contributed by atoms with E-state index < -0.39 is 5.97 Å². The summed E-state index contributed by atoms with van der Waals surface area (Å²) in [5, 5.41) is 8.26. The predicted octanol–water partition coefficient (Wildman–Crippen LogP) is 0.977. The quantitative estimate of drug-likeness (QED) is 0.741. The van der Waals surface area contributed by atoms with Crippen molar-refractivity contribution in [2.45, 2.75) is 0 Å². The van der Waals surface area contributed by atoms with E-state index in [-0.39, 0.29) is 5.76 Å². The van der Waals surface area contributed by atoms with E-state index in [0.717, 1.165) is 0 Å². The number of aromatic nitrogens is 1. The molecule has 1 aromatic heterocycles. The summed E-state index contributed by atoms with van der Waals surface area (Å²) in [5.41, 5.74) is 0. The molecule has 1 aromatic rings. The molecule has 1 heterocycles. The van der Waals surface area contributed by atoms with Crippen molar-refractivity contribution in [1.82, 2.24) is 4.98 Å². The Kier molecular flexibility index (Phi) is 1.70. The van der Waals surface area contributed by atoms with Crippen LogP contribution in [0.4, 0.5) is 0 Å². The van der Waals surface area contributed by atoms with Crippen LogP contribution in [0.25, 0.3) is 0 Å². The number of halogens is 1. The number of rotatable bonds is 1. The Morgan fingerprint density at radius 1 is 1.89 bits per heavy atom. The molecule has 0 aromatic carbocycles. The summed E-state index contributed by atoms with van der Waals surface area (Å²) in [5.74, 6) is -1.22. The molecule has 0 unspecified atom stereocenters. The van der Waals surface area contributed by atoms with Crippen molar-refractivity contribution in [2.75, 3.05) is 0 Å². The van der Waals surface area contributed by atoms with Crippen molar-refractivity contribution in [1.29, 1.82) is 0 Å². The van der Waals surface area contributed by atoms with Gasteiger partial charge >= 0.3 is 5.97 Å². The van der Waals surface area contributed by atoms with E-state index in [0.29, 0.717) is 3.90 Å². The van der Waals surface area contributed by atoms with E-state index >= 15 is 0 Å². The Morgan fingerprint density at radius 3 is 2.78 bits per heavy atom. The van der Waals surface area contributed by atoms with Crippen LogP contribution in [0.15, 0.2) is 10.6 Å². The summed E-state index contributed by atoms with van der Waals surface area (Å²) in [4.78, 5) is 13.7. The minimum absolute atomic E-state index is 0.126. The number of oxazole rings is 1. The van der Waals surface area contributed by atoms with Crippen molar-refractivity contribution in [3.8, 4) is 0 Å². The third kappa shape index (κ3) is 1.41. The topological polar surface area (TPSA) is 63.3 Å². The first kappa shape index (κ1) is 6.53. The summed E-state index contributed by atoms with van der Waals surface area (Å²) in [6.07, 6.45) is 1.17. The minimum atomic E-state index is -1.09. The average Bonchev–Trinajstić information content (AvgIpc) is 2.14. The molecule has 4 nitrogen and oxygen atoms in total. The summed E-state index contributed by atoms with van der Waals surface area (Å²) in [6, 6.07) is 0. The van der Waals surface area contributed by atoms with Crippen molar-refractivity contribution in [2.24, 2.45) is 0 Å². The van der Waals surface area contributed by atoms with Crippen LogP contribution in [-0.2, 0) is 0 Å². The van der Waals surface area contributed by atoms with Crippen molar-refractivity contribution >= 4 is 28.6 Å². The molecule has 0 saturated carbocycles. The van der Waals surface area contributed by atoms with Crippen LogP contribution in [0.2, 0.25) is 0 Å². The van der Waals surface area contributed by atoms with Gasteiger partial charge in [0, 0.05) is 22.6 Å². The maximum atomic E-state index is 10.1. The molecule has 0 amide bonds. The molecule has 0 radical (unpaired) electrons. The van der Waals surface area contributed by atoms with E-state index in [1.807, 2.05) is 0 Å². The van der Waals surface area contributed by atoms with E-state index in [2.05, 4.69) is 9.40 Å². The number of aromatic carboxylic acids is 1. The first-order chi connectivity index (χ1) is 4.20. The second-order valence-electron chi connectivity index (χ2n) is 1.28. The van der Waals surface area contributed by atoms with Gasteiger partial charge in [-0.05, 0) is 0 Å². The van der Waals surface area contributed by atoms with Crippen LogP contribution < -0.4 is 0 Å². The van der Waals surface area contributed by atoms with Gasteiger partial charge in [-0.3, -0.25) is 0 Å². The Bertz CT molecular complexity index is 231. The number of carboxylic acids is 1. The fourth-order valence-electron chi connectivity index (χ4n) is 0.352. The van der Waals surface area contributed by atoms with Gasteiger partial charge in [-0.25, -0.2) is 9.78 Å². The molecule has 48 valence electrons. The summed E-state index contributed by atoms with van der Waals surface area (Å²) in [6.45, 7) is 0. The van der Waals surface area contributed by atoms with Gasteiger partial charge in [0.2, 0.25) is 5.76 Å². The summed E-state index contributed by atoms with van der Waals surface area (Å²) < 4.78 is 4.96. The van der Waals surface area contributed by atoms with Gasteiger partial charge in [-0.1, -0.05) is 0 Å². The molecule has 0 aliphatic carbocycles. The van der Waals surface area contributed by atoms with Crippen LogP contribution in [0, 0.1) is 3.90 Å². The standard InChI is InChI=1S/C4H2INO3/c5-4-6-1-2(9-4)3(7)8/h1H,(H,7,8). The monoisotopic (exact) mass is 239 g/mol. The van der Waals surface area contributed by atoms with Crippen molar-refractivity contribution in [3.63, 3.8) is 0 Å². The molecular weight excluding hydrogens is 237 g/mol. The zero-order chi connectivity index (χ0) is 6.85. The number of nitrogens with zero attached hydrogens (tertiary/aromatic N) is 1. The maximum Gasteiger partial charge on any atom is 0.373 e. The van der Waals surface area contributed by atoms with Crippen LogP contribution in [0.1, 0.15) is 10.6 Å². The molecule has 0 bridgehead atoms. The van der Waals surface area contributed by atoms with Crippen molar-refractivity contribution < 1.29 is 14.3 Å². The lowest BCUT2D eigenvalue weighted by atomic mass is 10.5. The smallest absolute Gasteiger partial charge is 0.373 e. The molecule has 1 N–H and O–H groups in total. The van der Waals surface area contributed by atoms with Gasteiger partial charge in [0.1, 0.15) is 0 Å². The second kappa shape index (κ2) is 2.34. The third-order valence-electron chi connectivity index (χ3n) is 0.688. The van der Waals surface area contributed by atoms with E-state index in [1.165, 1.54) is 6.20 Å². The van der Waals surface area contributed by atoms with E-state index in [9.17, 15) is 4.79 Å². The van der Waals surface area contributed by atoms with Crippen LogP contribution in [0.5, 0.6) is 0 Å². The lowest BCUT2D eigenvalue weighted by Gasteiger charge is -1.79. The van der Waals surface area contributed by atoms with Gasteiger partial charge in [0.15, 0.2) is 0 Å². The number of hydrogen-bond donors (Lipinski definition) is 1. The summed E-state index contributed by atoms with van der Waals surface area (Å²) >= 11 is 1.79. The molecule has 0 aliphatic heterocycles. The van der Waals surface area contributed by atoms with Crippen LogP contribution in [-0.4, -0.2) is 16.1 Å². The number of carboxylic acid groups (broad SMARTS) is 1. The Balaban J connectivity index is 2.98. The summed E-state index contributed by atoms with van der Waals surface area (Å²) in [7, 11) is 0. The molecule has 0 saturated heterocycles. The first-order valence-electron chi connectivity index (χ1n) is 2.05. The molecule has 1 rings (SSSR count). The predicted molar refractivity (Wildman–Crippen MR) is 36.2 cm³/mol. The Morgan fingerprint density at radius 2 is 2.56 bits per heavy atom. The Hall–Kier alpha value is -0.590. The van der Waals surface area contributed by atoms with E-state index in [1.54, 1.807) is 22.6 Å². The highest BCUT2D eigenvalue weighted by Crippen LogP contribution is 2.04. The van der Waals surface area contributed by atoms with Gasteiger partial charge in [0.05, 0.1) is 6.20 Å². The van der Waals surface area contributed by atoms with Gasteiger partial charge in [-0.15, -0.1) is 0 Å². The highest BCUT2D eigenvalue weighted by molar-refractivity contribution is 14.1. The zero-order valence-electron chi connectivity index (χ0n) is 4.17. The lowest BCUT2D eigenvalue weighted by Crippen LogP contribution is -1.91. The first-order valence-corrected chi connectivity index (χ1v) is 3.12. The van der Waals surface area contributed by atoms with Crippen molar-refractivity contribution in [3.05, 3.63) is 15.9 Å². The van der Waals surface area contributed by atoms with Gasteiger partial charge < -0.3 is 9.52 Å². The normalized spacial score (nSPS) is 9.44. The fourth-order valence-corrected chi connectivity index (χ4v) is 0.728. The minimum Gasteiger partial charge on any atom is -0.475 e. The molecule has 0 aliphatic rings. The highest BCUT2D eigenvalue weighted by atomic mass is 127. The third-order valence-corrected chi connectivity index (χ3v) is 1.19. The molecule has 0 fully saturated rings. The van der Waals surface area contributed by atoms with Crippen LogP contribution >= 0.6 is 22.6 Å². The molecular formula is C4H2INO3. The highest BCUT2D eigenvalue weighted by Gasteiger charge is 2.07. The zero-order valence-corrected chi connectivity index (χ0v) is 6.32. The number of carbonyl (C=O) groups is 1. The molecule has 0 spiro atoms. The average molecular weight is 239 g/mol. The maximum absolute atomic E-state index is 10.1. The second-order valence-corrected chi connectivity index (χ2v) is 2.21. The van der Waals surface area contributed by atoms with E-state index in [4.69, 9.17) is 5.11 Å².